The second kappa shape index (κ2) is 6.04. The van der Waals surface area contributed by atoms with Gasteiger partial charge < -0.3 is 4.74 Å². The number of aromatic amines is 1. The fourth-order valence-corrected chi connectivity index (χ4v) is 2.04. The maximum absolute atomic E-state index is 12.8. The van der Waals surface area contributed by atoms with Gasteiger partial charge in [-0.15, -0.1) is 0 Å². The van der Waals surface area contributed by atoms with Crippen LogP contribution in [0.2, 0.25) is 0 Å². The molecule has 0 bridgehead atoms. The molecule has 0 amide bonds. The van der Waals surface area contributed by atoms with E-state index in [4.69, 9.17) is 13.0 Å². The van der Waals surface area contributed by atoms with Crippen LogP contribution in [-0.4, -0.2) is 27.1 Å². The fourth-order valence-electron chi connectivity index (χ4n) is 2.04. The van der Waals surface area contributed by atoms with E-state index >= 15 is 0 Å². The predicted molar refractivity (Wildman–Crippen MR) is 90.2 cm³/mol. The van der Waals surface area contributed by atoms with Gasteiger partial charge in [-0.3, -0.25) is 0 Å². The number of nitrogens with one attached hydrogen (secondary N) is 1. The molecule has 1 heterocycles. The Hall–Kier alpha value is -2.34. The average molecular weight is 323 g/mol. The number of aromatic nitrogens is 3. The van der Waals surface area contributed by atoms with Gasteiger partial charge in [-0.1, -0.05) is 30.4 Å². The van der Waals surface area contributed by atoms with Crippen LogP contribution < -0.4 is 11.4 Å². The third-order valence-corrected chi connectivity index (χ3v) is 3.43. The van der Waals surface area contributed by atoms with E-state index in [0.717, 1.165) is 22.4 Å². The van der Waals surface area contributed by atoms with Crippen molar-refractivity contribution in [2.24, 2.45) is 0 Å². The highest BCUT2D eigenvalue weighted by Gasteiger charge is 2.24. The summed E-state index contributed by atoms with van der Waals surface area (Å²) in [4.78, 5) is 25.2. The van der Waals surface area contributed by atoms with Crippen molar-refractivity contribution < 1.29 is 13.0 Å². The van der Waals surface area contributed by atoms with Gasteiger partial charge >= 0.3 is 11.4 Å². The molecule has 23 heavy (non-hydrogen) atoms. The largest absolute Gasteiger partial charge is 0.375 e. The molecule has 1 aromatic heterocycles. The van der Waals surface area contributed by atoms with Crippen molar-refractivity contribution in [1.82, 2.24) is 14.3 Å². The Morgan fingerprint density at radius 3 is 2.39 bits per heavy atom. The maximum Gasteiger partial charge on any atom is 0.352 e. The zero-order chi connectivity index (χ0) is 22.3. The van der Waals surface area contributed by atoms with Crippen LogP contribution in [-0.2, 0) is 10.3 Å². The van der Waals surface area contributed by atoms with Gasteiger partial charge in [0, 0.05) is 15.3 Å². The first-order valence-electron chi connectivity index (χ1n) is 9.93. The van der Waals surface area contributed by atoms with Crippen LogP contribution >= 0.6 is 0 Å². The molecule has 0 fully saturated rings. The number of H-pyrrole nitrogens is 1. The van der Waals surface area contributed by atoms with Gasteiger partial charge in [0.15, 0.2) is 0 Å². The van der Waals surface area contributed by atoms with Gasteiger partial charge in [0.25, 0.3) is 0 Å². The number of nitrogens with zero attached hydrogens (tertiary/aromatic N) is 2. The topological polar surface area (TPSA) is 69.0 Å². The molecule has 0 atom stereocenters. The summed E-state index contributed by atoms with van der Waals surface area (Å²) in [6, 6.07) is 8.25. The standard InChI is InChI=1S/C17H23N3O3/c1-16(2,11-12-17(3,4)23-5)20-15(22)19(14(21)18-20)13-9-7-6-8-10-13/h6-12H,1-5H3,(H,18,21)/b12-11+/i3D3,4D3. The molecule has 124 valence electrons. The van der Waals surface area contributed by atoms with E-state index in [0.29, 0.717) is 5.69 Å². The first-order valence-corrected chi connectivity index (χ1v) is 6.93. The van der Waals surface area contributed by atoms with E-state index in [-0.39, 0.29) is 0 Å². The van der Waals surface area contributed by atoms with Crippen LogP contribution in [0.5, 0.6) is 0 Å². The summed E-state index contributed by atoms with van der Waals surface area (Å²) < 4.78 is 52.9. The van der Waals surface area contributed by atoms with Gasteiger partial charge in [-0.25, -0.2) is 23.9 Å². The molecule has 6 heteroatoms. The van der Waals surface area contributed by atoms with Gasteiger partial charge in [-0.2, -0.15) is 0 Å². The Morgan fingerprint density at radius 2 is 1.83 bits per heavy atom. The van der Waals surface area contributed by atoms with Gasteiger partial charge in [0.1, 0.15) is 0 Å². The maximum atomic E-state index is 12.8. The average Bonchev–Trinajstić information content (AvgIpc) is 2.89. The van der Waals surface area contributed by atoms with E-state index in [9.17, 15) is 9.59 Å². The molecule has 0 aliphatic heterocycles. The first kappa shape index (κ1) is 10.4. The normalized spacial score (nSPS) is 17.9. The number of hydrogen-bond donors (Lipinski definition) is 1. The molecule has 0 spiro atoms. The Balaban J connectivity index is 2.59. The molecular weight excluding hydrogens is 294 g/mol. The van der Waals surface area contributed by atoms with Crippen LogP contribution in [0.1, 0.15) is 35.8 Å². The third kappa shape index (κ3) is 3.53. The quantitative estimate of drug-likeness (QED) is 0.856. The highest BCUT2D eigenvalue weighted by atomic mass is 16.5. The molecule has 1 N–H and O–H groups in total. The summed E-state index contributed by atoms with van der Waals surface area (Å²) in [6.07, 6.45) is 2.14. The van der Waals surface area contributed by atoms with Gasteiger partial charge in [-0.05, 0) is 39.7 Å². The molecule has 6 nitrogen and oxygen atoms in total. The Morgan fingerprint density at radius 1 is 1.17 bits per heavy atom. The van der Waals surface area contributed by atoms with E-state index in [1.807, 2.05) is 0 Å². The molecule has 0 radical (unpaired) electrons. The highest BCUT2D eigenvalue weighted by Crippen LogP contribution is 2.17. The second-order valence-corrected chi connectivity index (χ2v) is 5.63. The van der Waals surface area contributed by atoms with Crippen LogP contribution in [0, 0.1) is 0 Å². The minimum atomic E-state index is -3.01. The summed E-state index contributed by atoms with van der Waals surface area (Å²) >= 11 is 0. The van der Waals surface area contributed by atoms with E-state index < -0.39 is 36.2 Å². The Labute approximate surface area is 143 Å². The molecule has 0 saturated carbocycles. The lowest BCUT2D eigenvalue weighted by Gasteiger charge is -2.24. The lowest BCUT2D eigenvalue weighted by atomic mass is 10.0. The van der Waals surface area contributed by atoms with Crippen molar-refractivity contribution in [3.63, 3.8) is 0 Å². The molecule has 2 aromatic rings. The summed E-state index contributed by atoms with van der Waals surface area (Å²) in [5, 5.41) is 2.42. The number of para-hydroxylation sites is 1. The zero-order valence-corrected chi connectivity index (χ0v) is 13.2. The van der Waals surface area contributed by atoms with Crippen LogP contribution in [0.3, 0.4) is 0 Å². The predicted octanol–water partition coefficient (Wildman–Crippen LogP) is 2.04. The van der Waals surface area contributed by atoms with Crippen molar-refractivity contribution in [3.05, 3.63) is 63.5 Å². The SMILES string of the molecule is [2H]C([2H])([2H])C(/C=C/C(C)(C)n1[nH]c(=O)n(-c2ccccc2)c1=O)(OC)C([2H])([2H])[2H]. The number of hydrogen-bond acceptors (Lipinski definition) is 3. The monoisotopic (exact) mass is 323 g/mol. The molecule has 2 rings (SSSR count). The van der Waals surface area contributed by atoms with E-state index in [1.54, 1.807) is 30.3 Å². The van der Waals surface area contributed by atoms with Crippen molar-refractivity contribution in [2.45, 2.75) is 38.7 Å². The summed E-state index contributed by atoms with van der Waals surface area (Å²) in [7, 11) is 0.996. The second-order valence-electron chi connectivity index (χ2n) is 5.63. The lowest BCUT2D eigenvalue weighted by Crippen LogP contribution is -2.37. The van der Waals surface area contributed by atoms with Crippen LogP contribution in [0.15, 0.2) is 52.1 Å². The smallest absolute Gasteiger partial charge is 0.352 e. The number of allylic oxidation sites excluding steroid dienone is 1. The van der Waals surface area contributed by atoms with Crippen LogP contribution in [0.25, 0.3) is 5.69 Å². The first-order chi connectivity index (χ1) is 13.2. The number of rotatable bonds is 5. The Bertz CT molecular complexity index is 982. The highest BCUT2D eigenvalue weighted by molar-refractivity contribution is 5.30. The fraction of sp³-hybridized carbons (Fsp3) is 0.412. The minimum absolute atomic E-state index is 0.355. The molecule has 0 aliphatic carbocycles. The minimum Gasteiger partial charge on any atom is -0.375 e. The molecular formula is C17H23N3O3. The van der Waals surface area contributed by atoms with E-state index in [1.165, 1.54) is 19.9 Å². The number of ether oxygens (including phenoxy) is 1. The Kier molecular flexibility index (Phi) is 2.74. The van der Waals surface area contributed by atoms with Crippen molar-refractivity contribution in [3.8, 4) is 5.69 Å². The number of methoxy groups -OCH3 is 1. The van der Waals surface area contributed by atoms with Gasteiger partial charge in [0.05, 0.1) is 16.8 Å². The van der Waals surface area contributed by atoms with Gasteiger partial charge in [0.2, 0.25) is 0 Å². The van der Waals surface area contributed by atoms with E-state index in [2.05, 4.69) is 5.10 Å². The molecule has 0 aliphatic rings. The molecule has 0 unspecified atom stereocenters. The third-order valence-electron chi connectivity index (χ3n) is 3.43. The lowest BCUT2D eigenvalue weighted by molar-refractivity contribution is 0.0646. The molecule has 1 aromatic carbocycles. The summed E-state index contributed by atoms with van der Waals surface area (Å²) in [5.74, 6) is 0. The molecule has 0 saturated heterocycles. The van der Waals surface area contributed by atoms with Crippen molar-refractivity contribution in [1.29, 1.82) is 0 Å². The zero-order valence-electron chi connectivity index (χ0n) is 19.2. The number of benzene rings is 1. The summed E-state index contributed by atoms with van der Waals surface area (Å²) in [6.45, 7) is -2.97. The van der Waals surface area contributed by atoms with Crippen molar-refractivity contribution in [2.75, 3.05) is 7.11 Å². The van der Waals surface area contributed by atoms with Crippen LogP contribution in [0.4, 0.5) is 0 Å². The summed E-state index contributed by atoms with van der Waals surface area (Å²) in [5.41, 5.74) is -4.87. The van der Waals surface area contributed by atoms with Crippen molar-refractivity contribution >= 4 is 0 Å².